The number of esters is 5. The van der Waals surface area contributed by atoms with Crippen molar-refractivity contribution < 1.29 is 135 Å². The summed E-state index contributed by atoms with van der Waals surface area (Å²) >= 11 is 0. The fraction of sp³-hybridized carbons (Fsp3) is 0.311. The number of aliphatic hydroxyl groups is 1. The van der Waals surface area contributed by atoms with Crippen LogP contribution in [0.4, 0.5) is 11.4 Å². The van der Waals surface area contributed by atoms with Crippen molar-refractivity contribution in [2.45, 2.75) is 42.2 Å². The molecule has 0 heterocycles. The number of rotatable bonds is 32. The highest BCUT2D eigenvalue weighted by Gasteiger charge is 2.40. The molecule has 456 valence electrons. The molecule has 38 heteroatoms. The van der Waals surface area contributed by atoms with Gasteiger partial charge in [-0.3, -0.25) is 36.9 Å². The van der Waals surface area contributed by atoms with E-state index >= 15 is 0 Å². The number of carbonyl (C=O) groups is 5. The van der Waals surface area contributed by atoms with Gasteiger partial charge in [0.25, 0.3) is 60.7 Å². The largest absolute Gasteiger partial charge is 0.465 e. The van der Waals surface area contributed by atoms with Gasteiger partial charge in [-0.25, -0.2) is 14.4 Å². The van der Waals surface area contributed by atoms with Crippen LogP contribution in [0.2, 0.25) is 0 Å². The minimum atomic E-state index is -5.40. The predicted octanol–water partition coefficient (Wildman–Crippen LogP) is 1.03. The molecule has 83 heavy (non-hydrogen) atoms. The molecule has 0 saturated carbocycles. The molecule has 0 spiro atoms. The SMILES string of the molecule is C=CC(=O)OCC(COCC(CO)(COC(=O)CCNc1cc(S(=O)(=O)O)cc2cc(S(=O)(=O)O)cc(S(=O)(=O)O)c12)COC(=O)CCNc1cc(S(=O)(=O)O)cc2cc(S(=O)(=O)O)cc(S(=O)(=O)O)c12)(COC(=O)C=C)COC(=O)C=C. The van der Waals surface area contributed by atoms with E-state index in [4.69, 9.17) is 28.4 Å². The molecule has 4 rings (SSSR count). The first-order chi connectivity index (χ1) is 38.2. The second-order valence-corrected chi connectivity index (χ2v) is 26.1. The molecule has 0 amide bonds. The summed E-state index contributed by atoms with van der Waals surface area (Å²) in [5.41, 5.74) is -5.03. The Morgan fingerprint density at radius 2 is 0.711 bits per heavy atom. The summed E-state index contributed by atoms with van der Waals surface area (Å²) in [4.78, 5) is 56.8. The number of anilines is 2. The molecule has 4 aromatic rings. The van der Waals surface area contributed by atoms with Crippen LogP contribution in [0, 0.1) is 10.8 Å². The molecule has 0 bridgehead atoms. The van der Waals surface area contributed by atoms with Crippen LogP contribution >= 0.6 is 0 Å². The van der Waals surface area contributed by atoms with E-state index in [0.717, 1.165) is 18.2 Å². The van der Waals surface area contributed by atoms with Crippen LogP contribution < -0.4 is 10.6 Å². The van der Waals surface area contributed by atoms with E-state index in [1.807, 2.05) is 0 Å². The number of hydrogen-bond acceptors (Lipinski definition) is 26. The van der Waals surface area contributed by atoms with E-state index in [-0.39, 0.29) is 0 Å². The first kappa shape index (κ1) is 68.4. The topological polar surface area (TPSA) is 511 Å². The van der Waals surface area contributed by atoms with Crippen molar-refractivity contribution in [3.63, 3.8) is 0 Å². The Morgan fingerprint density at radius 3 is 0.988 bits per heavy atom. The van der Waals surface area contributed by atoms with Crippen LogP contribution in [0.3, 0.4) is 0 Å². The van der Waals surface area contributed by atoms with Crippen molar-refractivity contribution in [3.8, 4) is 0 Å². The van der Waals surface area contributed by atoms with Gasteiger partial charge in [0.1, 0.15) is 42.8 Å². The summed E-state index contributed by atoms with van der Waals surface area (Å²) in [5, 5.41) is 13.5. The van der Waals surface area contributed by atoms with Gasteiger partial charge in [-0.15, -0.1) is 0 Å². The standard InChI is InChI=1S/C45H50N2O30S6/c1-4-37(49)73-24-45(25-74-38(50)5-2,26-75-39(51)6-3)21-72-20-44(19-48,22-76-40(52)7-9-46-33-15-29(78(54,55)56)11-27-13-31(80(60,61)62)17-35(42(27)33)82(66,67)68)23-77-41(53)8-10-47-34-16-30(79(57,58)59)12-28-14-32(81(63,64)65)18-36(43(28)34)83(69,70)71/h4-6,11-18,46-48H,1-3,7-10,19-26H2,(H,54,55,56)(H,57,58,59)(H,60,61,62)(H,63,64,65)(H,66,67,68)(H,69,70,71). The Bertz CT molecular complexity index is 3680. The Morgan fingerprint density at radius 1 is 0.422 bits per heavy atom. The van der Waals surface area contributed by atoms with E-state index < -0.39 is 242 Å². The number of aliphatic hydroxyl groups excluding tert-OH is 1. The Kier molecular flexibility index (Phi) is 22.4. The number of hydrogen-bond donors (Lipinski definition) is 9. The van der Waals surface area contributed by atoms with Crippen molar-refractivity contribution in [2.24, 2.45) is 10.8 Å². The number of ether oxygens (including phenoxy) is 6. The van der Waals surface area contributed by atoms with Crippen LogP contribution in [0.1, 0.15) is 12.8 Å². The van der Waals surface area contributed by atoms with Crippen LogP contribution in [-0.2, 0) is 113 Å². The molecule has 4 aromatic carbocycles. The number of fused-ring (bicyclic) bond motifs is 2. The first-order valence-electron chi connectivity index (χ1n) is 22.7. The average molecular weight is 1290 g/mol. The molecule has 0 aliphatic rings. The van der Waals surface area contributed by atoms with Crippen LogP contribution in [0.15, 0.2) is 116 Å². The third kappa shape index (κ3) is 19.2. The van der Waals surface area contributed by atoms with E-state index in [1.165, 1.54) is 0 Å². The lowest BCUT2D eigenvalue weighted by Crippen LogP contribution is -2.46. The van der Waals surface area contributed by atoms with E-state index in [9.17, 15) is 107 Å². The zero-order valence-electron chi connectivity index (χ0n) is 42.4. The Balaban J connectivity index is 1.69. The molecular weight excluding hydrogens is 1240 g/mol. The average Bonchev–Trinajstić information content (AvgIpc) is 3.54. The normalized spacial score (nSPS) is 12.7. The summed E-state index contributed by atoms with van der Waals surface area (Å²) in [6.07, 6.45) is 0.688. The second kappa shape index (κ2) is 27.1. The Labute approximate surface area is 472 Å². The van der Waals surface area contributed by atoms with Gasteiger partial charge in [-0.05, 0) is 59.3 Å². The zero-order chi connectivity index (χ0) is 62.7. The van der Waals surface area contributed by atoms with E-state index in [2.05, 4.69) is 30.4 Å². The van der Waals surface area contributed by atoms with Gasteiger partial charge in [0.05, 0.1) is 63.1 Å². The predicted molar refractivity (Wildman–Crippen MR) is 281 cm³/mol. The maximum absolute atomic E-state index is 13.4. The lowest BCUT2D eigenvalue weighted by Gasteiger charge is -2.35. The minimum absolute atomic E-state index is 0.320. The molecule has 0 unspecified atom stereocenters. The van der Waals surface area contributed by atoms with Gasteiger partial charge in [0.15, 0.2) is 0 Å². The van der Waals surface area contributed by atoms with Gasteiger partial charge in [0.2, 0.25) is 0 Å². The molecule has 0 fully saturated rings. The smallest absolute Gasteiger partial charge is 0.330 e. The Hall–Kier alpha value is -7.05. The zero-order valence-corrected chi connectivity index (χ0v) is 47.3. The third-order valence-electron chi connectivity index (χ3n) is 11.2. The van der Waals surface area contributed by atoms with Crippen molar-refractivity contribution in [1.29, 1.82) is 0 Å². The quantitative estimate of drug-likeness (QED) is 0.0143. The first-order valence-corrected chi connectivity index (χ1v) is 31.3. The maximum atomic E-state index is 13.4. The van der Waals surface area contributed by atoms with Gasteiger partial charge in [-0.2, -0.15) is 50.5 Å². The molecule has 0 atom stereocenters. The van der Waals surface area contributed by atoms with Gasteiger partial charge in [0, 0.05) is 53.5 Å². The number of benzene rings is 4. The van der Waals surface area contributed by atoms with E-state index in [1.54, 1.807) is 0 Å². The van der Waals surface area contributed by atoms with Crippen molar-refractivity contribution in [3.05, 3.63) is 86.5 Å². The van der Waals surface area contributed by atoms with Gasteiger partial charge < -0.3 is 44.2 Å². The molecule has 0 radical (unpaired) electrons. The van der Waals surface area contributed by atoms with Gasteiger partial charge >= 0.3 is 29.8 Å². The molecular formula is C45H50N2O30S6. The summed E-state index contributed by atoms with van der Waals surface area (Å²) in [5.74, 6) is -5.51. The summed E-state index contributed by atoms with van der Waals surface area (Å²) in [6.45, 7) is 1.63. The van der Waals surface area contributed by atoms with E-state index in [0.29, 0.717) is 48.5 Å². The molecule has 0 aromatic heterocycles. The molecule has 0 aliphatic carbocycles. The fourth-order valence-electron chi connectivity index (χ4n) is 7.18. The lowest BCUT2D eigenvalue weighted by molar-refractivity contribution is -0.168. The fourth-order valence-corrected chi connectivity index (χ4v) is 11.0. The summed E-state index contributed by atoms with van der Waals surface area (Å²) < 4.78 is 238. The number of nitrogens with one attached hydrogen (secondary N) is 2. The summed E-state index contributed by atoms with van der Waals surface area (Å²) in [7, 11) is -31.6. The van der Waals surface area contributed by atoms with Gasteiger partial charge in [-0.1, -0.05) is 19.7 Å². The minimum Gasteiger partial charge on any atom is -0.465 e. The van der Waals surface area contributed by atoms with Crippen LogP contribution in [-0.4, -0.2) is 179 Å². The van der Waals surface area contributed by atoms with Crippen molar-refractivity contribution >= 4 is 123 Å². The van der Waals surface area contributed by atoms with Crippen LogP contribution in [0.5, 0.6) is 0 Å². The van der Waals surface area contributed by atoms with Crippen molar-refractivity contribution in [1.82, 2.24) is 0 Å². The maximum Gasteiger partial charge on any atom is 0.330 e. The lowest BCUT2D eigenvalue weighted by atomic mass is 9.90. The highest BCUT2D eigenvalue weighted by Crippen LogP contribution is 2.37. The molecule has 0 aliphatic heterocycles. The highest BCUT2D eigenvalue weighted by atomic mass is 32.2. The second-order valence-electron chi connectivity index (χ2n) is 17.6. The monoisotopic (exact) mass is 1290 g/mol. The molecule has 0 saturated heterocycles. The number of carbonyl (C=O) groups excluding carboxylic acids is 5. The molecule has 9 N–H and O–H groups in total. The highest BCUT2D eigenvalue weighted by molar-refractivity contribution is 7.87. The third-order valence-corrected chi connectivity index (χ3v) is 16.3. The summed E-state index contributed by atoms with van der Waals surface area (Å²) in [6, 6.07) is 4.28. The van der Waals surface area contributed by atoms with Crippen LogP contribution in [0.25, 0.3) is 21.5 Å². The van der Waals surface area contributed by atoms with Crippen molar-refractivity contribution in [2.75, 3.05) is 76.6 Å². The molecule has 32 nitrogen and oxygen atoms in total.